The van der Waals surface area contributed by atoms with Crippen LogP contribution in [0.2, 0.25) is 18.1 Å². The Balaban J connectivity index is 2.67. The maximum Gasteiger partial charge on any atom is 0.199 e. The van der Waals surface area contributed by atoms with Crippen LogP contribution in [0.4, 0.5) is 0 Å². The number of hydrogen-bond donors (Lipinski definition) is 0. The monoisotopic (exact) mass is 276 g/mol. The van der Waals surface area contributed by atoms with Crippen molar-refractivity contribution in [1.82, 2.24) is 0 Å². The summed E-state index contributed by atoms with van der Waals surface area (Å²) in [5.74, 6) is 3.81. The Bertz CT molecular complexity index is 481. The fourth-order valence-corrected chi connectivity index (χ4v) is 2.34. The lowest BCUT2D eigenvalue weighted by atomic mass is 10.0. The molecule has 0 aliphatic rings. The molecule has 0 aliphatic heterocycles. The molecule has 0 saturated heterocycles. The maximum atomic E-state index is 11.9. The lowest BCUT2D eigenvalue weighted by molar-refractivity contribution is 0.0946. The normalized spacial score (nSPS) is 13.6. The Morgan fingerprint density at radius 1 is 1.42 bits per heavy atom. The second kappa shape index (κ2) is 5.79. The van der Waals surface area contributed by atoms with Gasteiger partial charge in [-0.2, -0.15) is 0 Å². The molecule has 0 fully saturated rings. The standard InChI is InChI=1S/C16H24O2Si/c1-13(9-11-19(5,6)16(2,3)4)12-14(17)15-8-7-10-18-15/h7-8,10,13H,12H2,1-6H3/t13-/m1/s1. The van der Waals surface area contributed by atoms with Crippen molar-refractivity contribution >= 4 is 13.9 Å². The summed E-state index contributed by atoms with van der Waals surface area (Å²) in [7, 11) is -1.58. The van der Waals surface area contributed by atoms with E-state index < -0.39 is 8.07 Å². The van der Waals surface area contributed by atoms with Gasteiger partial charge in [0, 0.05) is 12.3 Å². The molecule has 1 heterocycles. The molecule has 0 N–H and O–H groups in total. The van der Waals surface area contributed by atoms with E-state index in [1.54, 1.807) is 12.1 Å². The highest BCUT2D eigenvalue weighted by Crippen LogP contribution is 2.35. The Hall–Kier alpha value is -1.27. The van der Waals surface area contributed by atoms with Crippen molar-refractivity contribution in [2.75, 3.05) is 0 Å². The van der Waals surface area contributed by atoms with Gasteiger partial charge in [-0.15, -0.1) is 11.5 Å². The number of carbonyl (C=O) groups is 1. The molecule has 1 aromatic heterocycles. The van der Waals surface area contributed by atoms with Gasteiger partial charge in [0.1, 0.15) is 8.07 Å². The molecular formula is C16H24O2Si. The largest absolute Gasteiger partial charge is 0.461 e. The minimum Gasteiger partial charge on any atom is -0.461 e. The van der Waals surface area contributed by atoms with Crippen molar-refractivity contribution in [1.29, 1.82) is 0 Å². The van der Waals surface area contributed by atoms with Crippen LogP contribution in [0.1, 0.15) is 44.7 Å². The molecule has 19 heavy (non-hydrogen) atoms. The van der Waals surface area contributed by atoms with Gasteiger partial charge in [0.15, 0.2) is 11.5 Å². The smallest absolute Gasteiger partial charge is 0.199 e. The summed E-state index contributed by atoms with van der Waals surface area (Å²) < 4.78 is 5.11. The molecule has 0 spiro atoms. The molecule has 2 nitrogen and oxygen atoms in total. The lowest BCUT2D eigenvalue weighted by Crippen LogP contribution is -2.35. The quantitative estimate of drug-likeness (QED) is 0.461. The van der Waals surface area contributed by atoms with Crippen LogP contribution in [0.3, 0.4) is 0 Å². The molecule has 3 heteroatoms. The van der Waals surface area contributed by atoms with E-state index in [1.165, 1.54) is 6.26 Å². The van der Waals surface area contributed by atoms with E-state index in [2.05, 4.69) is 45.3 Å². The van der Waals surface area contributed by atoms with Crippen LogP contribution in [-0.4, -0.2) is 13.9 Å². The Kier molecular flexibility index (Phi) is 4.81. The third kappa shape index (κ3) is 4.40. The topological polar surface area (TPSA) is 30.2 Å². The van der Waals surface area contributed by atoms with E-state index in [0.717, 1.165) is 0 Å². The van der Waals surface area contributed by atoms with Crippen LogP contribution in [0.25, 0.3) is 0 Å². The van der Waals surface area contributed by atoms with E-state index in [9.17, 15) is 4.79 Å². The fourth-order valence-electron chi connectivity index (χ4n) is 1.36. The van der Waals surface area contributed by atoms with Gasteiger partial charge in [0.2, 0.25) is 0 Å². The van der Waals surface area contributed by atoms with Gasteiger partial charge in [-0.3, -0.25) is 4.79 Å². The zero-order chi connectivity index (χ0) is 14.7. The van der Waals surface area contributed by atoms with Crippen molar-refractivity contribution < 1.29 is 9.21 Å². The zero-order valence-electron chi connectivity index (χ0n) is 12.8. The summed E-state index contributed by atoms with van der Waals surface area (Å²) >= 11 is 0. The number of rotatable bonds is 3. The highest BCUT2D eigenvalue weighted by Gasteiger charge is 2.33. The van der Waals surface area contributed by atoms with E-state index in [-0.39, 0.29) is 16.7 Å². The molecule has 0 radical (unpaired) electrons. The highest BCUT2D eigenvalue weighted by molar-refractivity contribution is 6.87. The van der Waals surface area contributed by atoms with Gasteiger partial charge in [0.25, 0.3) is 0 Å². The van der Waals surface area contributed by atoms with Crippen LogP contribution in [0, 0.1) is 17.4 Å². The third-order valence-electron chi connectivity index (χ3n) is 3.79. The van der Waals surface area contributed by atoms with Gasteiger partial charge < -0.3 is 4.42 Å². The van der Waals surface area contributed by atoms with Crippen LogP contribution >= 0.6 is 0 Å². The lowest BCUT2D eigenvalue weighted by Gasteiger charge is -2.31. The summed E-state index contributed by atoms with van der Waals surface area (Å²) in [4.78, 5) is 11.9. The molecule has 0 bridgehead atoms. The van der Waals surface area contributed by atoms with E-state index in [1.807, 2.05) is 6.92 Å². The third-order valence-corrected chi connectivity index (χ3v) is 8.31. The van der Waals surface area contributed by atoms with Gasteiger partial charge in [-0.05, 0) is 17.2 Å². The molecular weight excluding hydrogens is 252 g/mol. The Labute approximate surface area is 117 Å². The molecule has 0 saturated carbocycles. The molecule has 0 aliphatic carbocycles. The molecule has 1 aromatic rings. The van der Waals surface area contributed by atoms with Crippen LogP contribution in [0.15, 0.2) is 22.8 Å². The second-order valence-corrected chi connectivity index (χ2v) is 11.6. The summed E-state index contributed by atoms with van der Waals surface area (Å²) in [5.41, 5.74) is 3.46. The molecule has 1 rings (SSSR count). The number of carbonyl (C=O) groups excluding carboxylic acids is 1. The van der Waals surface area contributed by atoms with Crippen molar-refractivity contribution in [3.05, 3.63) is 24.2 Å². The minimum absolute atomic E-state index is 0.0297. The fraction of sp³-hybridized carbons (Fsp3) is 0.562. The van der Waals surface area contributed by atoms with Gasteiger partial charge in [-0.25, -0.2) is 0 Å². The number of furan rings is 1. The SMILES string of the molecule is C[C@H](C#C[Si](C)(C)C(C)(C)C)CC(=O)c1ccco1. The van der Waals surface area contributed by atoms with Crippen molar-refractivity contribution in [3.8, 4) is 11.5 Å². The molecule has 104 valence electrons. The second-order valence-electron chi connectivity index (χ2n) is 6.65. The summed E-state index contributed by atoms with van der Waals surface area (Å²) in [6.07, 6.45) is 1.95. The van der Waals surface area contributed by atoms with Crippen LogP contribution < -0.4 is 0 Å². The van der Waals surface area contributed by atoms with Crippen LogP contribution in [-0.2, 0) is 0 Å². The van der Waals surface area contributed by atoms with Crippen LogP contribution in [0.5, 0.6) is 0 Å². The summed E-state index contributed by atoms with van der Waals surface area (Å²) in [5, 5.41) is 0.255. The maximum absolute atomic E-state index is 11.9. The molecule has 0 amide bonds. The van der Waals surface area contributed by atoms with E-state index >= 15 is 0 Å². The van der Waals surface area contributed by atoms with E-state index in [0.29, 0.717) is 12.2 Å². The first-order valence-electron chi connectivity index (χ1n) is 6.73. The zero-order valence-corrected chi connectivity index (χ0v) is 13.8. The first-order chi connectivity index (χ1) is 8.63. The number of hydrogen-bond acceptors (Lipinski definition) is 2. The summed E-state index contributed by atoms with van der Waals surface area (Å²) in [6, 6.07) is 3.44. The highest BCUT2D eigenvalue weighted by atomic mass is 28.3. The van der Waals surface area contributed by atoms with E-state index in [4.69, 9.17) is 4.42 Å². The number of Topliss-reactive ketones (excluding diaryl/α,β-unsaturated/α-hetero) is 1. The predicted octanol–water partition coefficient (Wildman–Crippen LogP) is 4.54. The first-order valence-corrected chi connectivity index (χ1v) is 9.73. The summed E-state index contributed by atoms with van der Waals surface area (Å²) in [6.45, 7) is 13.3. The van der Waals surface area contributed by atoms with Crippen molar-refractivity contribution in [3.63, 3.8) is 0 Å². The van der Waals surface area contributed by atoms with Gasteiger partial charge in [-0.1, -0.05) is 40.8 Å². The van der Waals surface area contributed by atoms with Gasteiger partial charge in [0.05, 0.1) is 6.26 Å². The average molecular weight is 276 g/mol. The molecule has 1 atom stereocenters. The predicted molar refractivity (Wildman–Crippen MR) is 81.8 cm³/mol. The molecule has 0 aromatic carbocycles. The minimum atomic E-state index is -1.58. The molecule has 0 unspecified atom stereocenters. The van der Waals surface area contributed by atoms with Gasteiger partial charge >= 0.3 is 0 Å². The Morgan fingerprint density at radius 3 is 2.53 bits per heavy atom. The number of ketones is 1. The van der Waals surface area contributed by atoms with Crippen molar-refractivity contribution in [2.24, 2.45) is 5.92 Å². The van der Waals surface area contributed by atoms with Crippen molar-refractivity contribution in [2.45, 2.75) is 52.2 Å². The first kappa shape index (κ1) is 15.8. The Morgan fingerprint density at radius 2 is 2.05 bits per heavy atom. The average Bonchev–Trinajstić information content (AvgIpc) is 2.78.